The molecule has 0 saturated heterocycles. The third-order valence-corrected chi connectivity index (χ3v) is 1.91. The van der Waals surface area contributed by atoms with Crippen LogP contribution in [0.2, 0.25) is 0 Å². The maximum atomic E-state index is 11.1. The van der Waals surface area contributed by atoms with E-state index < -0.39 is 0 Å². The van der Waals surface area contributed by atoms with Gasteiger partial charge in [-0.1, -0.05) is 24.0 Å². The number of benzene rings is 1. The Hall–Kier alpha value is -1.26. The summed E-state index contributed by atoms with van der Waals surface area (Å²) in [7, 11) is 0. The molecule has 0 aliphatic carbocycles. The highest BCUT2D eigenvalue weighted by atomic mass is 35.5. The Morgan fingerprint density at radius 2 is 2.29 bits per heavy atom. The van der Waals surface area contributed by atoms with Gasteiger partial charge in [-0.2, -0.15) is 0 Å². The highest BCUT2D eigenvalue weighted by molar-refractivity contribution is 6.18. The maximum Gasteiger partial charge on any atom is 0.159 e. The summed E-state index contributed by atoms with van der Waals surface area (Å²) in [6.45, 7) is 1.55. The van der Waals surface area contributed by atoms with E-state index in [2.05, 4.69) is 11.8 Å². The molecule has 1 rings (SSSR count). The fourth-order valence-electron chi connectivity index (χ4n) is 1.03. The first-order chi connectivity index (χ1) is 6.74. The number of carbonyl (C=O) groups excluding carboxylic acids is 1. The molecule has 0 atom stereocenters. The number of alkyl halides is 1. The van der Waals surface area contributed by atoms with Crippen molar-refractivity contribution in [3.05, 3.63) is 35.4 Å². The predicted molar refractivity (Wildman–Crippen MR) is 58.7 cm³/mol. The van der Waals surface area contributed by atoms with Gasteiger partial charge in [-0.3, -0.25) is 4.79 Å². The molecule has 0 fully saturated rings. The molecule has 1 nitrogen and oxygen atoms in total. The second kappa shape index (κ2) is 5.47. The van der Waals surface area contributed by atoms with Crippen molar-refractivity contribution in [2.24, 2.45) is 0 Å². The third-order valence-electron chi connectivity index (χ3n) is 1.72. The summed E-state index contributed by atoms with van der Waals surface area (Å²) >= 11 is 5.49. The van der Waals surface area contributed by atoms with E-state index in [0.717, 1.165) is 5.56 Å². The molecule has 1 aromatic rings. The van der Waals surface area contributed by atoms with Gasteiger partial charge in [0.1, 0.15) is 0 Å². The van der Waals surface area contributed by atoms with Crippen molar-refractivity contribution in [3.63, 3.8) is 0 Å². The van der Waals surface area contributed by atoms with E-state index in [-0.39, 0.29) is 5.78 Å². The predicted octanol–water partition coefficient (Wildman–Crippen LogP) is 2.87. The lowest BCUT2D eigenvalue weighted by molar-refractivity contribution is 0.101. The molecule has 1 aromatic carbocycles. The van der Waals surface area contributed by atoms with Crippen LogP contribution in [0, 0.1) is 11.8 Å². The zero-order chi connectivity index (χ0) is 10.4. The quantitative estimate of drug-likeness (QED) is 0.413. The molecule has 0 unspecified atom stereocenters. The molecule has 14 heavy (non-hydrogen) atoms. The van der Waals surface area contributed by atoms with Crippen molar-refractivity contribution < 1.29 is 4.79 Å². The van der Waals surface area contributed by atoms with Crippen LogP contribution in [0.1, 0.15) is 29.3 Å². The number of Topliss-reactive ketones (excluding diaryl/α,β-unsaturated/α-hetero) is 1. The molecule has 0 bridgehead atoms. The van der Waals surface area contributed by atoms with Gasteiger partial charge in [0.25, 0.3) is 0 Å². The molecule has 0 aliphatic heterocycles. The second-order valence-electron chi connectivity index (χ2n) is 2.88. The molecule has 0 amide bonds. The molecule has 72 valence electrons. The fraction of sp³-hybridized carbons (Fsp3) is 0.250. The van der Waals surface area contributed by atoms with Crippen LogP contribution in [0.4, 0.5) is 0 Å². The molecule has 0 aromatic heterocycles. The molecule has 0 spiro atoms. The maximum absolute atomic E-state index is 11.1. The van der Waals surface area contributed by atoms with E-state index in [1.807, 2.05) is 12.1 Å². The summed E-state index contributed by atoms with van der Waals surface area (Å²) < 4.78 is 0. The minimum atomic E-state index is 0.0611. The lowest BCUT2D eigenvalue weighted by Gasteiger charge is -1.95. The first-order valence-electron chi connectivity index (χ1n) is 4.40. The average Bonchev–Trinajstić information content (AvgIpc) is 2.19. The molecule has 0 N–H and O–H groups in total. The van der Waals surface area contributed by atoms with E-state index in [9.17, 15) is 4.79 Å². The van der Waals surface area contributed by atoms with Crippen molar-refractivity contribution in [3.8, 4) is 11.8 Å². The average molecular weight is 207 g/mol. The lowest BCUT2D eigenvalue weighted by atomic mass is 10.1. The Morgan fingerprint density at radius 3 is 2.93 bits per heavy atom. The highest BCUT2D eigenvalue weighted by Gasteiger charge is 1.97. The molecule has 0 aliphatic rings. The third kappa shape index (κ3) is 3.24. The largest absolute Gasteiger partial charge is 0.295 e. The molecule has 0 heterocycles. The molecular weight excluding hydrogens is 196 g/mol. The van der Waals surface area contributed by atoms with Crippen molar-refractivity contribution in [1.82, 2.24) is 0 Å². The lowest BCUT2D eigenvalue weighted by Crippen LogP contribution is -1.91. The van der Waals surface area contributed by atoms with Crippen LogP contribution in [0.5, 0.6) is 0 Å². The monoisotopic (exact) mass is 206 g/mol. The summed E-state index contributed by atoms with van der Waals surface area (Å²) in [4.78, 5) is 11.1. The first-order valence-corrected chi connectivity index (χ1v) is 4.93. The van der Waals surface area contributed by atoms with Crippen molar-refractivity contribution in [2.45, 2.75) is 13.3 Å². The number of halogens is 1. The minimum absolute atomic E-state index is 0.0611. The van der Waals surface area contributed by atoms with Gasteiger partial charge in [-0.25, -0.2) is 0 Å². The number of carbonyl (C=O) groups is 1. The Bertz CT molecular complexity index is 385. The van der Waals surface area contributed by atoms with E-state index in [1.165, 1.54) is 0 Å². The van der Waals surface area contributed by atoms with Gasteiger partial charge in [0.15, 0.2) is 5.78 Å². The summed E-state index contributed by atoms with van der Waals surface area (Å²) in [6.07, 6.45) is 0.672. The topological polar surface area (TPSA) is 17.1 Å². The van der Waals surface area contributed by atoms with Crippen molar-refractivity contribution in [1.29, 1.82) is 0 Å². The van der Waals surface area contributed by atoms with Crippen LogP contribution in [0.15, 0.2) is 24.3 Å². The number of rotatable bonds is 2. The van der Waals surface area contributed by atoms with Gasteiger partial charge in [0, 0.05) is 23.4 Å². The highest BCUT2D eigenvalue weighted by Crippen LogP contribution is 2.04. The SMILES string of the molecule is CC(=O)c1cccc(C#CCCCl)c1. The minimum Gasteiger partial charge on any atom is -0.295 e. The smallest absolute Gasteiger partial charge is 0.159 e. The normalized spacial score (nSPS) is 9.00. The number of ketones is 1. The molecular formula is C12H11ClO. The van der Waals surface area contributed by atoms with Gasteiger partial charge in [-0.15, -0.1) is 11.6 Å². The Balaban J connectivity index is 2.85. The molecule has 0 radical (unpaired) electrons. The second-order valence-corrected chi connectivity index (χ2v) is 3.26. The van der Waals surface area contributed by atoms with E-state index in [1.54, 1.807) is 19.1 Å². The summed E-state index contributed by atoms with van der Waals surface area (Å²) in [5.74, 6) is 6.48. The van der Waals surface area contributed by atoms with E-state index in [0.29, 0.717) is 17.9 Å². The van der Waals surface area contributed by atoms with Gasteiger partial charge in [0.2, 0.25) is 0 Å². The van der Waals surface area contributed by atoms with Gasteiger partial charge in [0.05, 0.1) is 0 Å². The van der Waals surface area contributed by atoms with Crippen LogP contribution in [0.3, 0.4) is 0 Å². The zero-order valence-electron chi connectivity index (χ0n) is 8.01. The van der Waals surface area contributed by atoms with Gasteiger partial charge >= 0.3 is 0 Å². The molecule has 0 saturated carbocycles. The Morgan fingerprint density at radius 1 is 1.50 bits per heavy atom. The van der Waals surface area contributed by atoms with Crippen LogP contribution < -0.4 is 0 Å². The summed E-state index contributed by atoms with van der Waals surface area (Å²) in [6, 6.07) is 7.30. The van der Waals surface area contributed by atoms with Crippen LogP contribution in [0.25, 0.3) is 0 Å². The van der Waals surface area contributed by atoms with Crippen LogP contribution >= 0.6 is 11.6 Å². The van der Waals surface area contributed by atoms with E-state index in [4.69, 9.17) is 11.6 Å². The number of hydrogen-bond acceptors (Lipinski definition) is 1. The summed E-state index contributed by atoms with van der Waals surface area (Å²) in [5, 5.41) is 0. The molecule has 2 heteroatoms. The van der Waals surface area contributed by atoms with Crippen molar-refractivity contribution >= 4 is 17.4 Å². The summed E-state index contributed by atoms with van der Waals surface area (Å²) in [5.41, 5.74) is 1.56. The van der Waals surface area contributed by atoms with Crippen LogP contribution in [-0.4, -0.2) is 11.7 Å². The zero-order valence-corrected chi connectivity index (χ0v) is 8.77. The fourth-order valence-corrected chi connectivity index (χ4v) is 1.12. The Labute approximate surface area is 89.1 Å². The van der Waals surface area contributed by atoms with Crippen LogP contribution in [-0.2, 0) is 0 Å². The first kappa shape index (κ1) is 10.8. The van der Waals surface area contributed by atoms with E-state index >= 15 is 0 Å². The number of hydrogen-bond donors (Lipinski definition) is 0. The standard InChI is InChI=1S/C12H11ClO/c1-10(14)12-7-4-6-11(9-12)5-2-3-8-13/h4,6-7,9H,3,8H2,1H3. The van der Waals surface area contributed by atoms with Gasteiger partial charge in [-0.05, 0) is 19.1 Å². The van der Waals surface area contributed by atoms with Gasteiger partial charge < -0.3 is 0 Å². The Kier molecular flexibility index (Phi) is 4.22. The van der Waals surface area contributed by atoms with Crippen molar-refractivity contribution in [2.75, 3.05) is 5.88 Å².